The van der Waals surface area contributed by atoms with Gasteiger partial charge in [-0.25, -0.2) is 4.39 Å². The summed E-state index contributed by atoms with van der Waals surface area (Å²) >= 11 is 0. The van der Waals surface area contributed by atoms with Gasteiger partial charge in [-0.3, -0.25) is 9.59 Å². The molecule has 0 amide bonds. The first-order valence-corrected chi connectivity index (χ1v) is 12.9. The fraction of sp³-hybridized carbons (Fsp3) is 0.281. The highest BCUT2D eigenvalue weighted by molar-refractivity contribution is 5.82. The molecule has 39 heavy (non-hydrogen) atoms. The van der Waals surface area contributed by atoms with Gasteiger partial charge in [0.2, 0.25) is 0 Å². The van der Waals surface area contributed by atoms with Crippen molar-refractivity contribution in [1.29, 1.82) is 0 Å². The lowest BCUT2D eigenvalue weighted by atomic mass is 9.84. The predicted octanol–water partition coefficient (Wildman–Crippen LogP) is 7.14. The van der Waals surface area contributed by atoms with E-state index in [2.05, 4.69) is 5.16 Å². The van der Waals surface area contributed by atoms with E-state index < -0.39 is 23.3 Å². The molecule has 1 atom stereocenters. The molecule has 1 heterocycles. The summed E-state index contributed by atoms with van der Waals surface area (Å²) in [6, 6.07) is 21.8. The quantitative estimate of drug-likeness (QED) is 0.214. The number of esters is 2. The summed E-state index contributed by atoms with van der Waals surface area (Å²) in [5, 5.41) is 4.06. The number of rotatable bonds is 9. The number of aryl methyl sites for hydroxylation is 1. The van der Waals surface area contributed by atoms with Crippen LogP contribution in [0.3, 0.4) is 0 Å². The Morgan fingerprint density at radius 1 is 0.949 bits per heavy atom. The van der Waals surface area contributed by atoms with E-state index in [1.165, 1.54) is 6.07 Å². The number of benzene rings is 3. The van der Waals surface area contributed by atoms with Crippen LogP contribution >= 0.6 is 0 Å². The minimum absolute atomic E-state index is 0.0527. The second kappa shape index (κ2) is 11.6. The SMILES string of the molecule is CCOC(=O)C(C)(C)c1ccc(-c2ccc(-c3onc(C)c3CC(=O)O[C@H](C)c3ccccc3F)cc2)cc1. The number of hydrogen-bond donors (Lipinski definition) is 0. The zero-order valence-electron chi connectivity index (χ0n) is 22.8. The summed E-state index contributed by atoms with van der Waals surface area (Å²) in [4.78, 5) is 25.1. The van der Waals surface area contributed by atoms with Crippen molar-refractivity contribution >= 4 is 11.9 Å². The molecule has 0 fully saturated rings. The molecule has 0 unspecified atom stereocenters. The first-order chi connectivity index (χ1) is 18.6. The lowest BCUT2D eigenvalue weighted by Gasteiger charge is -2.23. The molecule has 0 saturated heterocycles. The van der Waals surface area contributed by atoms with E-state index in [0.29, 0.717) is 29.2 Å². The zero-order chi connectivity index (χ0) is 28.2. The van der Waals surface area contributed by atoms with Gasteiger partial charge >= 0.3 is 11.9 Å². The Morgan fingerprint density at radius 2 is 1.54 bits per heavy atom. The summed E-state index contributed by atoms with van der Waals surface area (Å²) in [6.07, 6.45) is -0.779. The Bertz CT molecular complexity index is 1450. The number of halogens is 1. The van der Waals surface area contributed by atoms with E-state index in [1.54, 1.807) is 39.0 Å². The van der Waals surface area contributed by atoms with E-state index in [9.17, 15) is 14.0 Å². The summed E-state index contributed by atoms with van der Waals surface area (Å²) < 4.78 is 30.4. The highest BCUT2D eigenvalue weighted by Crippen LogP contribution is 2.32. The molecule has 4 rings (SSSR count). The van der Waals surface area contributed by atoms with Crippen LogP contribution in [-0.4, -0.2) is 23.7 Å². The molecule has 0 aliphatic rings. The third-order valence-corrected chi connectivity index (χ3v) is 6.83. The molecule has 0 aliphatic heterocycles. The van der Waals surface area contributed by atoms with E-state index in [1.807, 2.05) is 62.4 Å². The minimum Gasteiger partial charge on any atom is -0.465 e. The van der Waals surface area contributed by atoms with Gasteiger partial charge in [-0.1, -0.05) is 71.9 Å². The van der Waals surface area contributed by atoms with E-state index in [0.717, 1.165) is 22.3 Å². The van der Waals surface area contributed by atoms with Crippen LogP contribution < -0.4 is 0 Å². The molecule has 0 bridgehead atoms. The van der Waals surface area contributed by atoms with Gasteiger partial charge in [0.15, 0.2) is 5.76 Å². The van der Waals surface area contributed by atoms with Gasteiger partial charge in [0.1, 0.15) is 11.9 Å². The lowest BCUT2D eigenvalue weighted by molar-refractivity contribution is -0.149. The Hall–Kier alpha value is -4.26. The molecular formula is C32H32FNO5. The lowest BCUT2D eigenvalue weighted by Crippen LogP contribution is -2.31. The molecular weight excluding hydrogens is 497 g/mol. The maximum atomic E-state index is 14.1. The van der Waals surface area contributed by atoms with Crippen molar-refractivity contribution in [2.45, 2.75) is 52.6 Å². The van der Waals surface area contributed by atoms with Crippen LogP contribution in [0.25, 0.3) is 22.5 Å². The number of aromatic nitrogens is 1. The van der Waals surface area contributed by atoms with Crippen molar-refractivity contribution in [3.05, 3.63) is 101 Å². The Kier molecular flexibility index (Phi) is 8.29. The normalized spacial score (nSPS) is 12.2. The molecule has 7 heteroatoms. The van der Waals surface area contributed by atoms with Gasteiger partial charge in [-0.2, -0.15) is 0 Å². The fourth-order valence-corrected chi connectivity index (χ4v) is 4.40. The van der Waals surface area contributed by atoms with Crippen molar-refractivity contribution in [3.63, 3.8) is 0 Å². The van der Waals surface area contributed by atoms with Crippen molar-refractivity contribution in [2.75, 3.05) is 6.61 Å². The van der Waals surface area contributed by atoms with Crippen LogP contribution in [0.15, 0.2) is 77.3 Å². The zero-order valence-corrected chi connectivity index (χ0v) is 22.8. The first-order valence-electron chi connectivity index (χ1n) is 12.9. The maximum Gasteiger partial charge on any atom is 0.315 e. The van der Waals surface area contributed by atoms with Crippen LogP contribution in [0.2, 0.25) is 0 Å². The molecule has 1 aromatic heterocycles. The van der Waals surface area contributed by atoms with Crippen LogP contribution in [0, 0.1) is 12.7 Å². The number of carbonyl (C=O) groups excluding carboxylic acids is 2. The molecule has 4 aromatic rings. The van der Waals surface area contributed by atoms with E-state index >= 15 is 0 Å². The van der Waals surface area contributed by atoms with Gasteiger partial charge in [0.05, 0.1) is 24.1 Å². The Labute approximate surface area is 227 Å². The average Bonchev–Trinajstić information content (AvgIpc) is 3.28. The van der Waals surface area contributed by atoms with E-state index in [4.69, 9.17) is 14.0 Å². The molecule has 3 aromatic carbocycles. The molecule has 6 nitrogen and oxygen atoms in total. The van der Waals surface area contributed by atoms with Gasteiger partial charge in [-0.15, -0.1) is 0 Å². The number of ether oxygens (including phenoxy) is 2. The predicted molar refractivity (Wildman–Crippen MR) is 146 cm³/mol. The first kappa shape index (κ1) is 27.8. The van der Waals surface area contributed by atoms with Crippen molar-refractivity contribution < 1.29 is 28.0 Å². The molecule has 0 N–H and O–H groups in total. The molecule has 0 aliphatic carbocycles. The highest BCUT2D eigenvalue weighted by Gasteiger charge is 2.31. The van der Waals surface area contributed by atoms with Gasteiger partial charge < -0.3 is 14.0 Å². The second-order valence-corrected chi connectivity index (χ2v) is 9.91. The number of hydrogen-bond acceptors (Lipinski definition) is 6. The maximum absolute atomic E-state index is 14.1. The third kappa shape index (κ3) is 6.08. The molecule has 0 radical (unpaired) electrons. The van der Waals surface area contributed by atoms with Crippen LogP contribution in [0.1, 0.15) is 56.2 Å². The van der Waals surface area contributed by atoms with Crippen molar-refractivity contribution in [2.24, 2.45) is 0 Å². The highest BCUT2D eigenvalue weighted by atomic mass is 19.1. The van der Waals surface area contributed by atoms with Gasteiger partial charge in [-0.05, 0) is 57.4 Å². The second-order valence-electron chi connectivity index (χ2n) is 9.91. The average molecular weight is 530 g/mol. The largest absolute Gasteiger partial charge is 0.465 e. The van der Waals surface area contributed by atoms with E-state index in [-0.39, 0.29) is 12.4 Å². The monoisotopic (exact) mass is 529 g/mol. The fourth-order valence-electron chi connectivity index (χ4n) is 4.40. The molecule has 0 spiro atoms. The standard InChI is InChI=1S/C32H32FNO5/c1-6-37-31(36)32(4,5)25-17-15-23(16-18-25)22-11-13-24(14-12-22)30-27(20(2)34-39-30)19-29(35)38-21(3)26-9-7-8-10-28(26)33/h7-18,21H,6,19H2,1-5H3/t21-/m1/s1. The topological polar surface area (TPSA) is 78.6 Å². The Balaban J connectivity index is 1.48. The van der Waals surface area contributed by atoms with Gasteiger partial charge in [0, 0.05) is 16.7 Å². The van der Waals surface area contributed by atoms with Crippen molar-refractivity contribution in [3.8, 4) is 22.5 Å². The van der Waals surface area contributed by atoms with Crippen molar-refractivity contribution in [1.82, 2.24) is 5.16 Å². The summed E-state index contributed by atoms with van der Waals surface area (Å²) in [7, 11) is 0. The molecule has 202 valence electrons. The number of carbonyl (C=O) groups is 2. The summed E-state index contributed by atoms with van der Waals surface area (Å²) in [5.74, 6) is -0.690. The van der Waals surface area contributed by atoms with Crippen LogP contribution in [0.5, 0.6) is 0 Å². The third-order valence-electron chi connectivity index (χ3n) is 6.83. The smallest absolute Gasteiger partial charge is 0.315 e. The summed E-state index contributed by atoms with van der Waals surface area (Å²) in [5.41, 5.74) is 4.40. The van der Waals surface area contributed by atoms with Gasteiger partial charge in [0.25, 0.3) is 0 Å². The van der Waals surface area contributed by atoms with Crippen LogP contribution in [0.4, 0.5) is 4.39 Å². The molecule has 0 saturated carbocycles. The summed E-state index contributed by atoms with van der Waals surface area (Å²) in [6.45, 7) is 9.24. The number of nitrogens with zero attached hydrogens (tertiary/aromatic N) is 1. The minimum atomic E-state index is -0.743. The Morgan fingerprint density at radius 3 is 2.15 bits per heavy atom. The van der Waals surface area contributed by atoms with Crippen LogP contribution in [-0.2, 0) is 30.9 Å².